The quantitative estimate of drug-likeness (QED) is 0.531. The molecular formula is C5H9FN2O2. The van der Waals surface area contributed by atoms with Crippen molar-refractivity contribution in [2.45, 2.75) is 12.5 Å². The maximum atomic E-state index is 11.5. The highest BCUT2D eigenvalue weighted by atomic mass is 19.1. The molecule has 58 valence electrons. The first-order chi connectivity index (χ1) is 4.70. The van der Waals surface area contributed by atoms with E-state index in [1.54, 1.807) is 0 Å². The number of nitrogens with two attached hydrogens (primary N) is 1. The van der Waals surface area contributed by atoms with Crippen molar-refractivity contribution in [3.8, 4) is 0 Å². The fourth-order valence-corrected chi connectivity index (χ4v) is 0.475. The Hall–Kier alpha value is -1.13. The van der Waals surface area contributed by atoms with Crippen LogP contribution in [0, 0.1) is 0 Å². The van der Waals surface area contributed by atoms with Crippen molar-refractivity contribution in [2.24, 2.45) is 5.73 Å². The van der Waals surface area contributed by atoms with Gasteiger partial charge in [0, 0.05) is 6.42 Å². The van der Waals surface area contributed by atoms with Crippen molar-refractivity contribution in [1.82, 2.24) is 5.32 Å². The SMILES string of the molecule is NC(=O)NC(C=O)CCF. The fraction of sp³-hybridized carbons (Fsp3) is 0.600. The Bertz CT molecular complexity index is 129. The van der Waals surface area contributed by atoms with Gasteiger partial charge in [0.15, 0.2) is 0 Å². The second-order valence-electron chi connectivity index (χ2n) is 1.73. The van der Waals surface area contributed by atoms with Gasteiger partial charge in [0.1, 0.15) is 6.29 Å². The van der Waals surface area contributed by atoms with Crippen LogP contribution in [0.25, 0.3) is 0 Å². The van der Waals surface area contributed by atoms with Crippen LogP contribution >= 0.6 is 0 Å². The van der Waals surface area contributed by atoms with E-state index in [1.165, 1.54) is 0 Å². The molecule has 0 aliphatic carbocycles. The monoisotopic (exact) mass is 148 g/mol. The van der Waals surface area contributed by atoms with E-state index in [-0.39, 0.29) is 6.42 Å². The molecule has 0 aliphatic heterocycles. The van der Waals surface area contributed by atoms with Crippen molar-refractivity contribution >= 4 is 12.3 Å². The Morgan fingerprint density at radius 2 is 2.40 bits per heavy atom. The summed E-state index contributed by atoms with van der Waals surface area (Å²) in [5.41, 5.74) is 4.67. The predicted octanol–water partition coefficient (Wildman–Crippen LogP) is -0.418. The number of aldehydes is 1. The summed E-state index contributed by atoms with van der Waals surface area (Å²) in [6, 6.07) is -1.60. The van der Waals surface area contributed by atoms with Crippen LogP contribution in [0.3, 0.4) is 0 Å². The zero-order valence-electron chi connectivity index (χ0n) is 5.34. The maximum absolute atomic E-state index is 11.5. The molecule has 0 radical (unpaired) electrons. The number of amides is 2. The first-order valence-electron chi connectivity index (χ1n) is 2.78. The van der Waals surface area contributed by atoms with Crippen LogP contribution in [0.15, 0.2) is 0 Å². The Morgan fingerprint density at radius 3 is 2.70 bits per heavy atom. The molecule has 0 saturated carbocycles. The van der Waals surface area contributed by atoms with Gasteiger partial charge in [-0.05, 0) is 0 Å². The van der Waals surface area contributed by atoms with E-state index < -0.39 is 18.7 Å². The van der Waals surface area contributed by atoms with Gasteiger partial charge < -0.3 is 15.8 Å². The molecule has 4 nitrogen and oxygen atoms in total. The van der Waals surface area contributed by atoms with Crippen LogP contribution < -0.4 is 11.1 Å². The number of carbonyl (C=O) groups excluding carboxylic acids is 2. The molecule has 1 unspecified atom stereocenters. The smallest absolute Gasteiger partial charge is 0.312 e. The van der Waals surface area contributed by atoms with E-state index in [2.05, 4.69) is 11.1 Å². The van der Waals surface area contributed by atoms with Crippen molar-refractivity contribution in [2.75, 3.05) is 6.67 Å². The summed E-state index contributed by atoms with van der Waals surface area (Å²) in [6.45, 7) is -0.649. The van der Waals surface area contributed by atoms with Crippen molar-refractivity contribution < 1.29 is 14.0 Å². The van der Waals surface area contributed by atoms with Gasteiger partial charge in [0.2, 0.25) is 0 Å². The summed E-state index contributed by atoms with van der Waals surface area (Å²) in [6.07, 6.45) is 0.427. The first-order valence-corrected chi connectivity index (χ1v) is 2.78. The summed E-state index contributed by atoms with van der Waals surface area (Å²) in [5, 5.41) is 2.06. The summed E-state index contributed by atoms with van der Waals surface area (Å²) in [4.78, 5) is 20.1. The minimum absolute atomic E-state index is 0.0214. The molecule has 0 aromatic carbocycles. The van der Waals surface area contributed by atoms with E-state index in [4.69, 9.17) is 0 Å². The molecular weight excluding hydrogens is 139 g/mol. The van der Waals surface area contributed by atoms with Gasteiger partial charge >= 0.3 is 6.03 Å². The predicted molar refractivity (Wildman–Crippen MR) is 33.2 cm³/mol. The minimum Gasteiger partial charge on any atom is -0.352 e. The molecule has 0 aromatic heterocycles. The van der Waals surface area contributed by atoms with Crippen LogP contribution in [-0.2, 0) is 4.79 Å². The second-order valence-corrected chi connectivity index (χ2v) is 1.73. The number of urea groups is 1. The Kier molecular flexibility index (Phi) is 4.19. The van der Waals surface area contributed by atoms with Gasteiger partial charge in [-0.25, -0.2) is 4.79 Å². The molecule has 10 heavy (non-hydrogen) atoms. The maximum Gasteiger partial charge on any atom is 0.312 e. The Morgan fingerprint density at radius 1 is 1.80 bits per heavy atom. The molecule has 2 amide bonds. The molecule has 1 atom stereocenters. The van der Waals surface area contributed by atoms with E-state index in [0.29, 0.717) is 6.29 Å². The largest absolute Gasteiger partial charge is 0.352 e. The number of carbonyl (C=O) groups is 2. The number of alkyl halides is 1. The lowest BCUT2D eigenvalue weighted by Crippen LogP contribution is -2.39. The highest BCUT2D eigenvalue weighted by Gasteiger charge is 2.06. The summed E-state index contributed by atoms with van der Waals surface area (Å²) >= 11 is 0. The van der Waals surface area contributed by atoms with Crippen molar-refractivity contribution in [3.63, 3.8) is 0 Å². The molecule has 0 spiro atoms. The van der Waals surface area contributed by atoms with E-state index in [9.17, 15) is 14.0 Å². The summed E-state index contributed by atoms with van der Waals surface area (Å²) in [7, 11) is 0. The van der Waals surface area contributed by atoms with Crippen LogP contribution in [-0.4, -0.2) is 25.0 Å². The van der Waals surface area contributed by atoms with Crippen molar-refractivity contribution in [1.29, 1.82) is 0 Å². The van der Waals surface area contributed by atoms with Gasteiger partial charge in [0.05, 0.1) is 12.7 Å². The fourth-order valence-electron chi connectivity index (χ4n) is 0.475. The third kappa shape index (κ3) is 3.82. The molecule has 3 N–H and O–H groups in total. The van der Waals surface area contributed by atoms with Gasteiger partial charge in [-0.15, -0.1) is 0 Å². The van der Waals surface area contributed by atoms with Crippen molar-refractivity contribution in [3.05, 3.63) is 0 Å². The molecule has 0 aromatic rings. The van der Waals surface area contributed by atoms with Crippen LogP contribution in [0.5, 0.6) is 0 Å². The van der Waals surface area contributed by atoms with Crippen LogP contribution in [0.2, 0.25) is 0 Å². The third-order valence-electron chi connectivity index (χ3n) is 0.912. The first kappa shape index (κ1) is 8.87. The lowest BCUT2D eigenvalue weighted by atomic mass is 10.2. The summed E-state index contributed by atoms with van der Waals surface area (Å²) < 4.78 is 11.5. The van der Waals surface area contributed by atoms with Crippen LogP contribution in [0.4, 0.5) is 9.18 Å². The van der Waals surface area contributed by atoms with Gasteiger partial charge in [-0.1, -0.05) is 0 Å². The minimum atomic E-state index is -0.814. The zero-order chi connectivity index (χ0) is 7.98. The normalized spacial score (nSPS) is 12.1. The van der Waals surface area contributed by atoms with Crippen LogP contribution in [0.1, 0.15) is 6.42 Å². The van der Waals surface area contributed by atoms with E-state index in [0.717, 1.165) is 0 Å². The lowest BCUT2D eigenvalue weighted by molar-refractivity contribution is -0.109. The number of nitrogens with one attached hydrogen (secondary N) is 1. The molecule has 0 heterocycles. The highest BCUT2D eigenvalue weighted by molar-refractivity contribution is 5.76. The van der Waals surface area contributed by atoms with Gasteiger partial charge in [-0.3, -0.25) is 4.39 Å². The molecule has 0 fully saturated rings. The molecule has 0 aliphatic rings. The number of hydrogen-bond donors (Lipinski definition) is 2. The third-order valence-corrected chi connectivity index (χ3v) is 0.912. The highest BCUT2D eigenvalue weighted by Crippen LogP contribution is 1.87. The van der Waals surface area contributed by atoms with E-state index in [1.807, 2.05) is 0 Å². The number of rotatable bonds is 4. The molecule has 0 bridgehead atoms. The average Bonchev–Trinajstić information content (AvgIpc) is 1.86. The lowest BCUT2D eigenvalue weighted by Gasteiger charge is -2.06. The zero-order valence-corrected chi connectivity index (χ0v) is 5.34. The average molecular weight is 148 g/mol. The summed E-state index contributed by atoms with van der Waals surface area (Å²) in [5.74, 6) is 0. The topological polar surface area (TPSA) is 72.2 Å². The number of primary amides is 1. The standard InChI is InChI=1S/C5H9FN2O2/c6-2-1-4(3-9)8-5(7)10/h3-4H,1-2H2,(H3,7,8,10). The molecule has 5 heteroatoms. The molecule has 0 rings (SSSR count). The van der Waals surface area contributed by atoms with Gasteiger partial charge in [0.25, 0.3) is 0 Å². The Labute approximate surface area is 57.6 Å². The number of halogens is 1. The second kappa shape index (κ2) is 4.72. The Balaban J connectivity index is 3.59. The van der Waals surface area contributed by atoms with Gasteiger partial charge in [-0.2, -0.15) is 0 Å². The number of hydrogen-bond acceptors (Lipinski definition) is 2. The molecule has 0 saturated heterocycles. The van der Waals surface area contributed by atoms with E-state index >= 15 is 0 Å².